The normalized spacial score (nSPS) is 13.5. The molecule has 1 aliphatic rings. The molecule has 0 unspecified atom stereocenters. The fraction of sp³-hybridized carbons (Fsp3) is 0.571. The molecule has 102 valence electrons. The Balaban J connectivity index is 0. The van der Waals surface area contributed by atoms with Crippen LogP contribution in [0.15, 0.2) is 12.4 Å². The molecule has 0 aromatic carbocycles. The smallest absolute Gasteiger partial charge is 0.418 e. The Hall–Kier alpha value is -1.61. The maximum atomic E-state index is 9.75. The summed E-state index contributed by atoms with van der Waals surface area (Å²) in [4.78, 5) is 13.4. The molecular weight excluding hydrogens is 243 g/mol. The summed E-state index contributed by atoms with van der Waals surface area (Å²) in [5, 5.41) is 0. The van der Waals surface area contributed by atoms with E-state index in [4.69, 9.17) is 4.79 Å². The summed E-state index contributed by atoms with van der Waals surface area (Å²) in [5.41, 5.74) is 8.50. The second-order valence-corrected chi connectivity index (χ2v) is 3.00. The zero-order chi connectivity index (χ0) is 14.1. The summed E-state index contributed by atoms with van der Waals surface area (Å²) in [6.45, 7) is 4.32. The number of nitrogens with two attached hydrogens (primary N) is 2. The lowest BCUT2D eigenvalue weighted by Crippen LogP contribution is -2.21. The van der Waals surface area contributed by atoms with Gasteiger partial charge in [-0.1, -0.05) is 0 Å². The van der Waals surface area contributed by atoms with Crippen LogP contribution < -0.4 is 11.5 Å². The van der Waals surface area contributed by atoms with Gasteiger partial charge in [-0.05, 0) is 6.92 Å². The van der Waals surface area contributed by atoms with Crippen molar-refractivity contribution in [3.8, 4) is 0 Å². The van der Waals surface area contributed by atoms with Gasteiger partial charge in [0.15, 0.2) is 0 Å². The number of halogens is 4. The molecule has 0 aromatic rings. The minimum absolute atomic E-state index is 0.833. The first-order valence-electron chi connectivity index (χ1n) is 4.61. The summed E-state index contributed by atoms with van der Waals surface area (Å²) in [6, 6.07) is -0.833. The van der Waals surface area contributed by atoms with Crippen LogP contribution >= 0.6 is 0 Å². The average Bonchev–Trinajstić information content (AvgIpc) is 2.47. The summed E-state index contributed by atoms with van der Waals surface area (Å²) in [6.07, 6.45) is 4.20. The molecule has 17 heavy (non-hydrogen) atoms. The highest BCUT2D eigenvalue weighted by molar-refractivity contribution is 6.50. The highest BCUT2D eigenvalue weighted by atomic mass is 19.5. The zero-order valence-corrected chi connectivity index (χ0v) is 9.62. The number of nitrogens with zero attached hydrogens (tertiary/aromatic N) is 2. The molecule has 1 rings (SSSR count). The number of urea groups is 1. The maximum Gasteiger partial charge on any atom is 0.673 e. The van der Waals surface area contributed by atoms with Crippen LogP contribution in [0.2, 0.25) is 0 Å². The number of carbonyl (C=O) groups excluding carboxylic acids is 1. The number of carbonyl (C=O) groups is 1. The van der Waals surface area contributed by atoms with E-state index in [2.05, 4.69) is 47.6 Å². The van der Waals surface area contributed by atoms with Gasteiger partial charge >= 0.3 is 13.3 Å². The van der Waals surface area contributed by atoms with E-state index in [0.717, 1.165) is 13.2 Å². The highest BCUT2D eigenvalue weighted by Gasteiger charge is 2.20. The van der Waals surface area contributed by atoms with E-state index < -0.39 is 13.3 Å². The molecule has 0 bridgehead atoms. The van der Waals surface area contributed by atoms with Crippen molar-refractivity contribution in [1.29, 1.82) is 0 Å². The summed E-state index contributed by atoms with van der Waals surface area (Å²) >= 11 is 0. The Bertz CT molecular complexity index is 239. The van der Waals surface area contributed by atoms with Crippen LogP contribution in [0.4, 0.5) is 22.1 Å². The SMILES string of the molecule is CCN1C=CN(C)C1.F[B-](F)(F)F.NC(N)=O. The van der Waals surface area contributed by atoms with Gasteiger partial charge in [-0.15, -0.1) is 0 Å². The Morgan fingerprint density at radius 2 is 1.65 bits per heavy atom. The van der Waals surface area contributed by atoms with Crippen LogP contribution in [0.1, 0.15) is 6.92 Å². The molecule has 2 amide bonds. The number of rotatable bonds is 1. The van der Waals surface area contributed by atoms with Crippen LogP contribution in [0.3, 0.4) is 0 Å². The standard InChI is InChI=1S/C6H12N2.CH4N2O.BF4/c1-3-8-5-4-7(2)6-8;2-1(3)4;2-1(3,4)5/h4-5H,3,6H2,1-2H3;(H4,2,3,4);/q;;-1. The van der Waals surface area contributed by atoms with E-state index in [-0.39, 0.29) is 0 Å². The third kappa shape index (κ3) is 25.1. The minimum atomic E-state index is -6.00. The zero-order valence-electron chi connectivity index (χ0n) is 9.62. The predicted molar refractivity (Wildman–Crippen MR) is 58.1 cm³/mol. The fourth-order valence-corrected chi connectivity index (χ4v) is 0.794. The van der Waals surface area contributed by atoms with Crippen LogP contribution in [-0.4, -0.2) is 43.3 Å². The molecule has 0 radical (unpaired) electrons. The van der Waals surface area contributed by atoms with E-state index in [1.54, 1.807) is 0 Å². The van der Waals surface area contributed by atoms with Gasteiger partial charge in [0.2, 0.25) is 0 Å². The van der Waals surface area contributed by atoms with Gasteiger partial charge in [-0.2, -0.15) is 0 Å². The first-order valence-corrected chi connectivity index (χ1v) is 4.61. The fourth-order valence-electron chi connectivity index (χ4n) is 0.794. The largest absolute Gasteiger partial charge is 0.673 e. The lowest BCUT2D eigenvalue weighted by atomic mass is 10.3. The van der Waals surface area contributed by atoms with E-state index in [1.807, 2.05) is 0 Å². The van der Waals surface area contributed by atoms with Crippen molar-refractivity contribution in [2.45, 2.75) is 6.92 Å². The molecule has 0 spiro atoms. The van der Waals surface area contributed by atoms with E-state index >= 15 is 0 Å². The molecule has 0 fully saturated rings. The lowest BCUT2D eigenvalue weighted by molar-refractivity contribution is 0.256. The third-order valence-electron chi connectivity index (χ3n) is 1.34. The van der Waals surface area contributed by atoms with Crippen molar-refractivity contribution in [3.63, 3.8) is 0 Å². The van der Waals surface area contributed by atoms with Crippen LogP contribution in [0.25, 0.3) is 0 Å². The molecule has 0 aromatic heterocycles. The molecular formula is C7H16BF4N4O-. The van der Waals surface area contributed by atoms with Crippen molar-refractivity contribution >= 4 is 13.3 Å². The average molecular weight is 259 g/mol. The monoisotopic (exact) mass is 259 g/mol. The molecule has 5 nitrogen and oxygen atoms in total. The van der Waals surface area contributed by atoms with E-state index in [1.165, 1.54) is 0 Å². The Morgan fingerprint density at radius 3 is 1.76 bits per heavy atom. The van der Waals surface area contributed by atoms with Gasteiger partial charge in [0, 0.05) is 26.0 Å². The number of primary amides is 2. The van der Waals surface area contributed by atoms with Crippen molar-refractivity contribution < 1.29 is 22.1 Å². The van der Waals surface area contributed by atoms with Gasteiger partial charge in [-0.25, -0.2) is 4.79 Å². The van der Waals surface area contributed by atoms with Crippen LogP contribution in [0.5, 0.6) is 0 Å². The lowest BCUT2D eigenvalue weighted by Gasteiger charge is -2.14. The van der Waals surface area contributed by atoms with Crippen LogP contribution in [-0.2, 0) is 0 Å². The number of hydrogen-bond acceptors (Lipinski definition) is 3. The van der Waals surface area contributed by atoms with Gasteiger partial charge in [0.05, 0.1) is 6.67 Å². The van der Waals surface area contributed by atoms with Gasteiger partial charge in [0.1, 0.15) is 0 Å². The second kappa shape index (κ2) is 8.54. The molecule has 1 heterocycles. The van der Waals surface area contributed by atoms with Gasteiger partial charge < -0.3 is 38.5 Å². The predicted octanol–water partition coefficient (Wildman–Crippen LogP) is 1.01. The Kier molecular flexibility index (Phi) is 8.93. The van der Waals surface area contributed by atoms with Crippen LogP contribution in [0, 0.1) is 0 Å². The minimum Gasteiger partial charge on any atom is -0.418 e. The number of amides is 2. The maximum absolute atomic E-state index is 9.75. The van der Waals surface area contributed by atoms with Crippen molar-refractivity contribution in [2.24, 2.45) is 11.5 Å². The molecule has 10 heteroatoms. The van der Waals surface area contributed by atoms with Crippen molar-refractivity contribution in [3.05, 3.63) is 12.4 Å². The van der Waals surface area contributed by atoms with Crippen molar-refractivity contribution in [1.82, 2.24) is 9.80 Å². The molecule has 0 aliphatic carbocycles. The van der Waals surface area contributed by atoms with E-state index in [9.17, 15) is 17.3 Å². The summed E-state index contributed by atoms with van der Waals surface area (Å²) in [5.74, 6) is 0. The third-order valence-corrected chi connectivity index (χ3v) is 1.34. The summed E-state index contributed by atoms with van der Waals surface area (Å²) < 4.78 is 39.0. The first-order chi connectivity index (χ1) is 7.56. The van der Waals surface area contributed by atoms with E-state index in [0.29, 0.717) is 0 Å². The Morgan fingerprint density at radius 1 is 1.29 bits per heavy atom. The highest BCUT2D eigenvalue weighted by Crippen LogP contribution is 2.06. The first kappa shape index (κ1) is 17.8. The number of hydrogen-bond donors (Lipinski definition) is 2. The second-order valence-electron chi connectivity index (χ2n) is 3.00. The van der Waals surface area contributed by atoms with Gasteiger partial charge in [-0.3, -0.25) is 0 Å². The quantitative estimate of drug-likeness (QED) is 0.545. The topological polar surface area (TPSA) is 75.6 Å². The molecule has 0 saturated heterocycles. The molecule has 0 saturated carbocycles. The van der Waals surface area contributed by atoms with Crippen molar-refractivity contribution in [2.75, 3.05) is 20.3 Å². The van der Waals surface area contributed by atoms with Gasteiger partial charge in [0.25, 0.3) is 0 Å². The Labute approximate surface area is 97.1 Å². The molecule has 0 atom stereocenters. The molecule has 4 N–H and O–H groups in total. The molecule has 1 aliphatic heterocycles. The summed E-state index contributed by atoms with van der Waals surface area (Å²) in [7, 11) is -3.92.